The van der Waals surface area contributed by atoms with Gasteiger partial charge in [0, 0.05) is 31.7 Å². The van der Waals surface area contributed by atoms with Crippen molar-refractivity contribution < 1.29 is 9.90 Å². The van der Waals surface area contributed by atoms with E-state index >= 15 is 0 Å². The van der Waals surface area contributed by atoms with Crippen LogP contribution in [0.5, 0.6) is 0 Å². The van der Waals surface area contributed by atoms with E-state index in [-0.39, 0.29) is 24.6 Å². The summed E-state index contributed by atoms with van der Waals surface area (Å²) in [5.74, 6) is 0.272. The normalized spacial score (nSPS) is 30.4. The molecule has 2 atom stereocenters. The lowest BCUT2D eigenvalue weighted by Gasteiger charge is -2.29. The number of amides is 2. The summed E-state index contributed by atoms with van der Waals surface area (Å²) in [7, 11) is 0. The molecule has 0 bridgehead atoms. The summed E-state index contributed by atoms with van der Waals surface area (Å²) in [6.45, 7) is 1.98. The number of urea groups is 1. The number of likely N-dealkylation sites (tertiary alicyclic amines) is 1. The van der Waals surface area contributed by atoms with Gasteiger partial charge in [0.2, 0.25) is 0 Å². The summed E-state index contributed by atoms with van der Waals surface area (Å²) in [6, 6.07) is 0.268. The largest absolute Gasteiger partial charge is 0.396 e. The Morgan fingerprint density at radius 2 is 1.94 bits per heavy atom. The molecule has 0 aromatic heterocycles. The fourth-order valence-corrected chi connectivity index (χ4v) is 2.79. The van der Waals surface area contributed by atoms with Gasteiger partial charge < -0.3 is 15.3 Å². The molecule has 1 heterocycles. The number of hydrogen-bond donors (Lipinski definition) is 2. The van der Waals surface area contributed by atoms with Crippen LogP contribution in [0.3, 0.4) is 0 Å². The SMILES string of the molecule is O=C(NC1CCCC1CO)N1CCCCC1. The molecule has 4 heteroatoms. The van der Waals surface area contributed by atoms with Gasteiger partial charge in [0.1, 0.15) is 0 Å². The molecular formula is C12H22N2O2. The number of piperidine rings is 1. The maximum absolute atomic E-state index is 11.9. The summed E-state index contributed by atoms with van der Waals surface area (Å²) < 4.78 is 0. The number of carbonyl (C=O) groups is 1. The van der Waals surface area contributed by atoms with Crippen molar-refractivity contribution in [1.29, 1.82) is 0 Å². The monoisotopic (exact) mass is 226 g/mol. The third-order valence-electron chi connectivity index (χ3n) is 3.85. The molecule has 1 aliphatic carbocycles. The third-order valence-corrected chi connectivity index (χ3v) is 3.85. The van der Waals surface area contributed by atoms with Crippen molar-refractivity contribution in [2.45, 2.75) is 44.6 Å². The Labute approximate surface area is 97.0 Å². The van der Waals surface area contributed by atoms with Gasteiger partial charge in [-0.2, -0.15) is 0 Å². The molecule has 2 aliphatic rings. The van der Waals surface area contributed by atoms with Gasteiger partial charge in [0.15, 0.2) is 0 Å². The molecule has 2 rings (SSSR count). The maximum Gasteiger partial charge on any atom is 0.317 e. The first-order valence-corrected chi connectivity index (χ1v) is 6.47. The van der Waals surface area contributed by atoms with Gasteiger partial charge in [0.05, 0.1) is 0 Å². The second kappa shape index (κ2) is 5.53. The highest BCUT2D eigenvalue weighted by Crippen LogP contribution is 2.25. The lowest BCUT2D eigenvalue weighted by Crippen LogP contribution is -2.48. The predicted molar refractivity (Wildman–Crippen MR) is 62.2 cm³/mol. The Morgan fingerprint density at radius 3 is 2.62 bits per heavy atom. The van der Waals surface area contributed by atoms with E-state index in [1.165, 1.54) is 6.42 Å². The molecule has 0 radical (unpaired) electrons. The molecule has 1 saturated heterocycles. The molecule has 2 unspecified atom stereocenters. The van der Waals surface area contributed by atoms with Crippen LogP contribution in [0.15, 0.2) is 0 Å². The third kappa shape index (κ3) is 2.67. The van der Waals surface area contributed by atoms with E-state index in [0.717, 1.165) is 45.2 Å². The van der Waals surface area contributed by atoms with Crippen molar-refractivity contribution in [1.82, 2.24) is 10.2 Å². The molecule has 0 spiro atoms. The van der Waals surface area contributed by atoms with Crippen molar-refractivity contribution in [2.24, 2.45) is 5.92 Å². The van der Waals surface area contributed by atoms with Crippen LogP contribution in [0.2, 0.25) is 0 Å². The number of aliphatic hydroxyl groups is 1. The van der Waals surface area contributed by atoms with Crippen LogP contribution in [0.4, 0.5) is 4.79 Å². The lowest BCUT2D eigenvalue weighted by molar-refractivity contribution is 0.169. The standard InChI is InChI=1S/C12H22N2O2/c15-9-10-5-4-6-11(10)13-12(16)14-7-2-1-3-8-14/h10-11,15H,1-9H2,(H,13,16). The smallest absolute Gasteiger partial charge is 0.317 e. The molecule has 0 aromatic rings. The molecule has 1 aliphatic heterocycles. The number of nitrogens with zero attached hydrogens (tertiary/aromatic N) is 1. The van der Waals surface area contributed by atoms with Gasteiger partial charge >= 0.3 is 6.03 Å². The van der Waals surface area contributed by atoms with Crippen molar-refractivity contribution in [3.63, 3.8) is 0 Å². The van der Waals surface area contributed by atoms with Gasteiger partial charge in [-0.15, -0.1) is 0 Å². The average molecular weight is 226 g/mol. The van der Waals surface area contributed by atoms with E-state index in [4.69, 9.17) is 0 Å². The lowest BCUT2D eigenvalue weighted by atomic mass is 10.1. The van der Waals surface area contributed by atoms with Gasteiger partial charge in [-0.1, -0.05) is 6.42 Å². The van der Waals surface area contributed by atoms with E-state index in [1.54, 1.807) is 0 Å². The molecule has 0 aromatic carbocycles. The summed E-state index contributed by atoms with van der Waals surface area (Å²) in [5, 5.41) is 12.3. The van der Waals surface area contributed by atoms with Crippen LogP contribution in [-0.4, -0.2) is 41.8 Å². The first-order valence-electron chi connectivity index (χ1n) is 6.47. The summed E-state index contributed by atoms with van der Waals surface area (Å²) in [4.78, 5) is 13.9. The van der Waals surface area contributed by atoms with E-state index in [0.29, 0.717) is 0 Å². The highest BCUT2D eigenvalue weighted by Gasteiger charge is 2.29. The number of aliphatic hydroxyl groups excluding tert-OH is 1. The van der Waals surface area contributed by atoms with E-state index in [1.807, 2.05) is 4.90 Å². The maximum atomic E-state index is 11.9. The summed E-state index contributed by atoms with van der Waals surface area (Å²) >= 11 is 0. The van der Waals surface area contributed by atoms with E-state index in [9.17, 15) is 9.90 Å². The molecule has 2 fully saturated rings. The Kier molecular flexibility index (Phi) is 4.04. The molecular weight excluding hydrogens is 204 g/mol. The van der Waals surface area contributed by atoms with Crippen molar-refractivity contribution in [2.75, 3.05) is 19.7 Å². The first-order chi connectivity index (χ1) is 7.81. The minimum absolute atomic E-state index is 0.0741. The number of carbonyl (C=O) groups excluding carboxylic acids is 1. The summed E-state index contributed by atoms with van der Waals surface area (Å²) in [5.41, 5.74) is 0. The van der Waals surface area contributed by atoms with Crippen LogP contribution < -0.4 is 5.32 Å². The fraction of sp³-hybridized carbons (Fsp3) is 0.917. The number of hydrogen-bond acceptors (Lipinski definition) is 2. The Morgan fingerprint density at radius 1 is 1.19 bits per heavy atom. The average Bonchev–Trinajstić information content (AvgIpc) is 2.77. The van der Waals surface area contributed by atoms with E-state index in [2.05, 4.69) is 5.32 Å². The number of nitrogens with one attached hydrogen (secondary N) is 1. The first kappa shape index (κ1) is 11.7. The zero-order valence-corrected chi connectivity index (χ0v) is 9.82. The quantitative estimate of drug-likeness (QED) is 0.746. The van der Waals surface area contributed by atoms with Gasteiger partial charge in [-0.3, -0.25) is 0 Å². The molecule has 2 amide bonds. The Balaban J connectivity index is 1.81. The van der Waals surface area contributed by atoms with Crippen molar-refractivity contribution in [3.8, 4) is 0 Å². The van der Waals surface area contributed by atoms with Gasteiger partial charge in [-0.25, -0.2) is 4.79 Å². The summed E-state index contributed by atoms with van der Waals surface area (Å²) in [6.07, 6.45) is 6.68. The second-order valence-electron chi connectivity index (χ2n) is 4.98. The zero-order valence-electron chi connectivity index (χ0n) is 9.82. The predicted octanol–water partition coefficient (Wildman–Crippen LogP) is 1.34. The minimum atomic E-state index is 0.0741. The zero-order chi connectivity index (χ0) is 11.4. The van der Waals surface area contributed by atoms with Crippen LogP contribution in [0, 0.1) is 5.92 Å². The second-order valence-corrected chi connectivity index (χ2v) is 4.98. The van der Waals surface area contributed by atoms with Crippen LogP contribution in [-0.2, 0) is 0 Å². The van der Waals surface area contributed by atoms with Crippen LogP contribution in [0.1, 0.15) is 38.5 Å². The van der Waals surface area contributed by atoms with Crippen LogP contribution >= 0.6 is 0 Å². The van der Waals surface area contributed by atoms with Crippen LogP contribution in [0.25, 0.3) is 0 Å². The molecule has 92 valence electrons. The Hall–Kier alpha value is -0.770. The van der Waals surface area contributed by atoms with Gasteiger partial charge in [0.25, 0.3) is 0 Å². The molecule has 2 N–H and O–H groups in total. The van der Waals surface area contributed by atoms with Crippen molar-refractivity contribution >= 4 is 6.03 Å². The molecule has 1 saturated carbocycles. The highest BCUT2D eigenvalue weighted by molar-refractivity contribution is 5.74. The van der Waals surface area contributed by atoms with Crippen molar-refractivity contribution in [3.05, 3.63) is 0 Å². The van der Waals surface area contributed by atoms with E-state index < -0.39 is 0 Å². The fourth-order valence-electron chi connectivity index (χ4n) is 2.79. The minimum Gasteiger partial charge on any atom is -0.396 e. The Bertz CT molecular complexity index is 239. The molecule has 4 nitrogen and oxygen atoms in total. The van der Waals surface area contributed by atoms with Gasteiger partial charge in [-0.05, 0) is 32.1 Å². The number of rotatable bonds is 2. The highest BCUT2D eigenvalue weighted by atomic mass is 16.3. The molecule has 16 heavy (non-hydrogen) atoms. The topological polar surface area (TPSA) is 52.6 Å².